The molecule has 0 saturated carbocycles. The maximum Gasteiger partial charge on any atom is 0.122 e. The van der Waals surface area contributed by atoms with Gasteiger partial charge in [-0.25, -0.2) is 0 Å². The Hall–Kier alpha value is -0.990. The van der Waals surface area contributed by atoms with Crippen molar-refractivity contribution in [2.24, 2.45) is 5.73 Å². The largest absolute Gasteiger partial charge is 0.489 e. The summed E-state index contributed by atoms with van der Waals surface area (Å²) in [6, 6.07) is 6.05. The molecule has 1 aromatic rings. The lowest BCUT2D eigenvalue weighted by Gasteiger charge is -2.12. The van der Waals surface area contributed by atoms with Crippen LogP contribution in [0.3, 0.4) is 0 Å². The first-order valence-electron chi connectivity index (χ1n) is 5.29. The van der Waals surface area contributed by atoms with Gasteiger partial charge in [-0.15, -0.1) is 0 Å². The number of hydrogen-bond acceptors (Lipinski definition) is 2. The summed E-state index contributed by atoms with van der Waals surface area (Å²) in [6.07, 6.45) is 0. The molecule has 0 aliphatic carbocycles. The Morgan fingerprint density at radius 2 is 2.25 bits per heavy atom. The third-order valence-electron chi connectivity index (χ3n) is 2.37. The van der Waals surface area contributed by atoms with Crippen molar-refractivity contribution in [3.05, 3.63) is 40.4 Å². The average Bonchev–Trinajstić information content (AvgIpc) is 2.26. The van der Waals surface area contributed by atoms with E-state index in [9.17, 15) is 0 Å². The predicted molar refractivity (Wildman–Crippen MR) is 68.9 cm³/mol. The molecule has 0 spiro atoms. The SMILES string of the molecule is C/C(=C\Cl)COc1ccc([C@H](C)N)cc1C. The van der Waals surface area contributed by atoms with Crippen molar-refractivity contribution in [1.29, 1.82) is 0 Å². The van der Waals surface area contributed by atoms with Crippen molar-refractivity contribution < 1.29 is 4.74 Å². The van der Waals surface area contributed by atoms with E-state index in [1.54, 1.807) is 0 Å². The molecule has 0 amide bonds. The molecule has 0 fully saturated rings. The summed E-state index contributed by atoms with van der Waals surface area (Å²) in [4.78, 5) is 0. The number of benzene rings is 1. The highest BCUT2D eigenvalue weighted by Gasteiger charge is 2.04. The van der Waals surface area contributed by atoms with E-state index in [0.717, 1.165) is 22.4 Å². The molecule has 0 saturated heterocycles. The van der Waals surface area contributed by atoms with E-state index in [1.165, 1.54) is 5.54 Å². The summed E-state index contributed by atoms with van der Waals surface area (Å²) < 4.78 is 5.63. The summed E-state index contributed by atoms with van der Waals surface area (Å²) >= 11 is 5.57. The lowest BCUT2D eigenvalue weighted by molar-refractivity contribution is 0.350. The van der Waals surface area contributed by atoms with Crippen molar-refractivity contribution in [3.8, 4) is 5.75 Å². The fraction of sp³-hybridized carbons (Fsp3) is 0.385. The van der Waals surface area contributed by atoms with Crippen LogP contribution in [0.1, 0.15) is 31.0 Å². The van der Waals surface area contributed by atoms with Crippen molar-refractivity contribution in [3.63, 3.8) is 0 Å². The highest BCUT2D eigenvalue weighted by Crippen LogP contribution is 2.22. The second kappa shape index (κ2) is 5.92. The van der Waals surface area contributed by atoms with Crippen molar-refractivity contribution in [2.75, 3.05) is 6.61 Å². The molecule has 0 unspecified atom stereocenters. The monoisotopic (exact) mass is 239 g/mol. The molecule has 0 aliphatic rings. The van der Waals surface area contributed by atoms with Crippen LogP contribution in [-0.4, -0.2) is 6.61 Å². The normalized spacial score (nSPS) is 13.7. The van der Waals surface area contributed by atoms with Gasteiger partial charge in [0.25, 0.3) is 0 Å². The van der Waals surface area contributed by atoms with E-state index in [1.807, 2.05) is 32.9 Å². The number of hydrogen-bond donors (Lipinski definition) is 1. The van der Waals surface area contributed by atoms with Crippen LogP contribution in [0.15, 0.2) is 29.3 Å². The van der Waals surface area contributed by atoms with E-state index in [0.29, 0.717) is 6.61 Å². The standard InChI is InChI=1S/C13H18ClNO/c1-9(7-14)8-16-13-5-4-12(11(3)15)6-10(13)2/h4-7,11H,8,15H2,1-3H3/b9-7+/t11-/m0/s1. The smallest absolute Gasteiger partial charge is 0.122 e. The first-order chi connectivity index (χ1) is 7.54. The Kier molecular flexibility index (Phi) is 4.84. The zero-order chi connectivity index (χ0) is 12.1. The fourth-order valence-corrected chi connectivity index (χ4v) is 1.40. The topological polar surface area (TPSA) is 35.2 Å². The summed E-state index contributed by atoms with van der Waals surface area (Å²) in [6.45, 7) is 6.43. The Balaban J connectivity index is 2.75. The van der Waals surface area contributed by atoms with Crippen LogP contribution in [0.4, 0.5) is 0 Å². The zero-order valence-electron chi connectivity index (χ0n) is 9.96. The fourth-order valence-electron chi connectivity index (χ4n) is 1.34. The van der Waals surface area contributed by atoms with E-state index in [4.69, 9.17) is 22.1 Å². The third kappa shape index (κ3) is 3.54. The Bertz CT molecular complexity index is 386. The minimum absolute atomic E-state index is 0.0530. The maximum atomic E-state index is 5.81. The van der Waals surface area contributed by atoms with Crippen molar-refractivity contribution in [2.45, 2.75) is 26.8 Å². The first-order valence-corrected chi connectivity index (χ1v) is 5.73. The number of halogens is 1. The molecule has 1 rings (SSSR count). The average molecular weight is 240 g/mol. The number of nitrogens with two attached hydrogens (primary N) is 1. The summed E-state index contributed by atoms with van der Waals surface area (Å²) in [7, 11) is 0. The molecule has 0 aliphatic heterocycles. The molecule has 0 bridgehead atoms. The molecule has 2 N–H and O–H groups in total. The molecule has 1 atom stereocenters. The summed E-state index contributed by atoms with van der Waals surface area (Å²) in [5.74, 6) is 0.877. The molecular formula is C13H18ClNO. The Labute approximate surface area is 102 Å². The summed E-state index contributed by atoms with van der Waals surface area (Å²) in [5, 5.41) is 0. The summed E-state index contributed by atoms with van der Waals surface area (Å²) in [5.41, 5.74) is 10.6. The minimum Gasteiger partial charge on any atom is -0.489 e. The van der Waals surface area contributed by atoms with Crippen LogP contribution in [0.25, 0.3) is 0 Å². The van der Waals surface area contributed by atoms with Gasteiger partial charge in [0.15, 0.2) is 0 Å². The molecule has 2 nitrogen and oxygen atoms in total. The van der Waals surface area contributed by atoms with Crippen LogP contribution in [-0.2, 0) is 0 Å². The molecule has 0 aromatic heterocycles. The van der Waals surface area contributed by atoms with Crippen molar-refractivity contribution in [1.82, 2.24) is 0 Å². The molecule has 0 heterocycles. The number of rotatable bonds is 4. The molecule has 1 aromatic carbocycles. The van der Waals surface area contributed by atoms with Gasteiger partial charge in [-0.3, -0.25) is 0 Å². The predicted octanol–water partition coefficient (Wildman–Crippen LogP) is 3.54. The highest BCUT2D eigenvalue weighted by molar-refractivity contribution is 6.25. The lowest BCUT2D eigenvalue weighted by Crippen LogP contribution is -2.06. The van der Waals surface area contributed by atoms with Gasteiger partial charge in [-0.05, 0) is 43.5 Å². The van der Waals surface area contributed by atoms with Crippen LogP contribution in [0.5, 0.6) is 5.75 Å². The van der Waals surface area contributed by atoms with Crippen LogP contribution >= 0.6 is 11.6 Å². The van der Waals surface area contributed by atoms with E-state index in [2.05, 4.69) is 6.07 Å². The Morgan fingerprint density at radius 1 is 1.56 bits per heavy atom. The van der Waals surface area contributed by atoms with Gasteiger partial charge in [-0.2, -0.15) is 0 Å². The second-order valence-corrected chi connectivity index (χ2v) is 4.28. The maximum absolute atomic E-state index is 5.81. The Morgan fingerprint density at radius 3 is 2.75 bits per heavy atom. The molecule has 16 heavy (non-hydrogen) atoms. The quantitative estimate of drug-likeness (QED) is 0.872. The number of ether oxygens (including phenoxy) is 1. The van der Waals surface area contributed by atoms with E-state index < -0.39 is 0 Å². The van der Waals surface area contributed by atoms with Crippen LogP contribution in [0, 0.1) is 6.92 Å². The van der Waals surface area contributed by atoms with Gasteiger partial charge in [0, 0.05) is 11.6 Å². The molecule has 88 valence electrons. The lowest BCUT2D eigenvalue weighted by atomic mass is 10.1. The van der Waals surface area contributed by atoms with Gasteiger partial charge in [0.1, 0.15) is 12.4 Å². The first kappa shape index (κ1) is 13.1. The van der Waals surface area contributed by atoms with Crippen molar-refractivity contribution >= 4 is 11.6 Å². The third-order valence-corrected chi connectivity index (χ3v) is 2.74. The van der Waals surface area contributed by atoms with E-state index >= 15 is 0 Å². The minimum atomic E-state index is 0.0530. The van der Waals surface area contributed by atoms with Crippen LogP contribution < -0.4 is 10.5 Å². The van der Waals surface area contributed by atoms with E-state index in [-0.39, 0.29) is 6.04 Å². The van der Waals surface area contributed by atoms with Gasteiger partial charge in [-0.1, -0.05) is 23.7 Å². The second-order valence-electron chi connectivity index (χ2n) is 4.06. The zero-order valence-corrected chi connectivity index (χ0v) is 10.7. The van der Waals surface area contributed by atoms with Gasteiger partial charge < -0.3 is 10.5 Å². The molecule has 0 radical (unpaired) electrons. The number of aryl methyl sites for hydroxylation is 1. The van der Waals surface area contributed by atoms with Gasteiger partial charge in [0.2, 0.25) is 0 Å². The van der Waals surface area contributed by atoms with Gasteiger partial charge in [0.05, 0.1) is 0 Å². The molecule has 3 heteroatoms. The molecular weight excluding hydrogens is 222 g/mol. The van der Waals surface area contributed by atoms with Crippen LogP contribution in [0.2, 0.25) is 0 Å². The highest BCUT2D eigenvalue weighted by atomic mass is 35.5. The van der Waals surface area contributed by atoms with Gasteiger partial charge >= 0.3 is 0 Å².